The number of hydrogen-bond donors (Lipinski definition) is 2. The molecule has 0 spiro atoms. The van der Waals surface area contributed by atoms with Crippen molar-refractivity contribution in [3.8, 4) is 11.5 Å². The summed E-state index contributed by atoms with van der Waals surface area (Å²) in [7, 11) is 0. The van der Waals surface area contributed by atoms with E-state index in [1.54, 1.807) is 23.9 Å². The standard InChI is InChI=1S/C20H19NO2S/c1-14(15-5-3-2-4-6-15)23-17-9-12-20(19(21)13-17)24-18-10-7-16(22)8-11-18/h2-14,22H,21H2,1H3/t14-/m0/s1. The zero-order valence-electron chi connectivity index (χ0n) is 13.3. The second kappa shape index (κ2) is 7.32. The molecule has 24 heavy (non-hydrogen) atoms. The quantitative estimate of drug-likeness (QED) is 0.623. The number of anilines is 1. The van der Waals surface area contributed by atoms with Crippen molar-refractivity contribution >= 4 is 17.4 Å². The van der Waals surface area contributed by atoms with Crippen LogP contribution in [0.5, 0.6) is 11.5 Å². The van der Waals surface area contributed by atoms with Gasteiger partial charge in [0.2, 0.25) is 0 Å². The molecule has 3 N–H and O–H groups in total. The fraction of sp³-hybridized carbons (Fsp3) is 0.100. The number of phenols is 1. The van der Waals surface area contributed by atoms with E-state index in [2.05, 4.69) is 0 Å². The number of nitrogen functional groups attached to an aromatic ring is 1. The Hall–Kier alpha value is -2.59. The molecular formula is C20H19NO2S. The fourth-order valence-corrected chi connectivity index (χ4v) is 3.17. The molecular weight excluding hydrogens is 318 g/mol. The molecule has 0 saturated carbocycles. The van der Waals surface area contributed by atoms with Crippen LogP contribution in [-0.4, -0.2) is 5.11 Å². The molecule has 0 heterocycles. The molecule has 3 rings (SSSR count). The summed E-state index contributed by atoms with van der Waals surface area (Å²) in [6.07, 6.45) is -0.0406. The van der Waals surface area contributed by atoms with Gasteiger partial charge in [0.1, 0.15) is 17.6 Å². The summed E-state index contributed by atoms with van der Waals surface area (Å²) in [5.41, 5.74) is 7.96. The molecule has 0 amide bonds. The highest BCUT2D eigenvalue weighted by molar-refractivity contribution is 7.99. The van der Waals surface area contributed by atoms with Crippen LogP contribution in [0.25, 0.3) is 0 Å². The Morgan fingerprint density at radius 3 is 2.33 bits per heavy atom. The summed E-state index contributed by atoms with van der Waals surface area (Å²) in [5, 5.41) is 9.34. The van der Waals surface area contributed by atoms with Gasteiger partial charge in [0.25, 0.3) is 0 Å². The van der Waals surface area contributed by atoms with E-state index in [1.165, 1.54) is 0 Å². The Bertz CT molecular complexity index is 804. The van der Waals surface area contributed by atoms with E-state index < -0.39 is 0 Å². The Labute approximate surface area is 146 Å². The van der Waals surface area contributed by atoms with Crippen molar-refractivity contribution in [1.82, 2.24) is 0 Å². The maximum absolute atomic E-state index is 9.34. The zero-order valence-corrected chi connectivity index (χ0v) is 14.2. The summed E-state index contributed by atoms with van der Waals surface area (Å²) in [4.78, 5) is 1.98. The Morgan fingerprint density at radius 1 is 0.958 bits per heavy atom. The molecule has 122 valence electrons. The molecule has 0 fully saturated rings. The molecule has 0 radical (unpaired) electrons. The number of rotatable bonds is 5. The minimum absolute atomic E-state index is 0.0406. The van der Waals surface area contributed by atoms with Crippen molar-refractivity contribution in [2.24, 2.45) is 0 Å². The summed E-state index contributed by atoms with van der Waals surface area (Å²) in [5.74, 6) is 1.00. The van der Waals surface area contributed by atoms with Crippen molar-refractivity contribution in [2.45, 2.75) is 22.8 Å². The number of nitrogens with two attached hydrogens (primary N) is 1. The largest absolute Gasteiger partial charge is 0.508 e. The molecule has 3 nitrogen and oxygen atoms in total. The van der Waals surface area contributed by atoms with Crippen LogP contribution < -0.4 is 10.5 Å². The highest BCUT2D eigenvalue weighted by Crippen LogP contribution is 2.35. The third-order valence-corrected chi connectivity index (χ3v) is 4.73. The van der Waals surface area contributed by atoms with Crippen molar-refractivity contribution in [3.63, 3.8) is 0 Å². The van der Waals surface area contributed by atoms with Crippen LogP contribution in [0.4, 0.5) is 5.69 Å². The first-order valence-corrected chi connectivity index (χ1v) is 8.51. The van der Waals surface area contributed by atoms with Gasteiger partial charge in [0.15, 0.2) is 0 Å². The van der Waals surface area contributed by atoms with Crippen LogP contribution in [0.3, 0.4) is 0 Å². The topological polar surface area (TPSA) is 55.5 Å². The Kier molecular flexibility index (Phi) is 4.96. The first-order chi connectivity index (χ1) is 11.6. The number of hydrogen-bond acceptors (Lipinski definition) is 4. The predicted molar refractivity (Wildman–Crippen MR) is 98.6 cm³/mol. The van der Waals surface area contributed by atoms with Crippen LogP contribution in [0.15, 0.2) is 82.6 Å². The van der Waals surface area contributed by atoms with Crippen LogP contribution in [-0.2, 0) is 0 Å². The van der Waals surface area contributed by atoms with Gasteiger partial charge in [-0.15, -0.1) is 0 Å². The van der Waals surface area contributed by atoms with E-state index in [1.807, 2.05) is 67.6 Å². The Balaban J connectivity index is 1.71. The van der Waals surface area contributed by atoms with Crippen LogP contribution in [0.2, 0.25) is 0 Å². The second-order valence-corrected chi connectivity index (χ2v) is 6.58. The van der Waals surface area contributed by atoms with Gasteiger partial charge in [0.05, 0.1) is 0 Å². The summed E-state index contributed by atoms with van der Waals surface area (Å²) < 4.78 is 5.98. The lowest BCUT2D eigenvalue weighted by Gasteiger charge is -2.16. The maximum atomic E-state index is 9.34. The molecule has 1 atom stereocenters. The lowest BCUT2D eigenvalue weighted by Crippen LogP contribution is -2.03. The highest BCUT2D eigenvalue weighted by atomic mass is 32.2. The molecule has 0 saturated heterocycles. The fourth-order valence-electron chi connectivity index (χ4n) is 2.33. The molecule has 0 aromatic heterocycles. The molecule has 0 aliphatic rings. The first-order valence-electron chi connectivity index (χ1n) is 7.70. The lowest BCUT2D eigenvalue weighted by molar-refractivity contribution is 0.227. The van der Waals surface area contributed by atoms with Gasteiger partial charge in [0, 0.05) is 21.5 Å². The smallest absolute Gasteiger partial charge is 0.122 e. The number of aromatic hydroxyl groups is 1. The molecule has 4 heteroatoms. The van der Waals surface area contributed by atoms with Crippen molar-refractivity contribution in [2.75, 3.05) is 5.73 Å². The van der Waals surface area contributed by atoms with Gasteiger partial charge in [-0.1, -0.05) is 42.1 Å². The number of phenolic OH excluding ortho intramolecular Hbond substituents is 1. The molecule has 0 aliphatic carbocycles. The lowest BCUT2D eigenvalue weighted by atomic mass is 10.1. The molecule has 3 aromatic rings. The number of ether oxygens (including phenoxy) is 1. The van der Waals surface area contributed by atoms with Crippen LogP contribution in [0, 0.1) is 0 Å². The summed E-state index contributed by atoms with van der Waals surface area (Å²) in [6, 6.07) is 22.9. The minimum atomic E-state index is -0.0406. The van der Waals surface area contributed by atoms with E-state index in [-0.39, 0.29) is 11.9 Å². The van der Waals surface area contributed by atoms with Gasteiger partial charge in [-0.3, -0.25) is 0 Å². The average molecular weight is 337 g/mol. The van der Waals surface area contributed by atoms with Crippen molar-refractivity contribution < 1.29 is 9.84 Å². The molecule has 3 aromatic carbocycles. The third-order valence-electron chi connectivity index (χ3n) is 3.63. The van der Waals surface area contributed by atoms with Gasteiger partial charge in [-0.2, -0.15) is 0 Å². The summed E-state index contributed by atoms with van der Waals surface area (Å²) >= 11 is 1.56. The predicted octanol–water partition coefficient (Wildman–Crippen LogP) is 5.27. The van der Waals surface area contributed by atoms with E-state index >= 15 is 0 Å². The second-order valence-electron chi connectivity index (χ2n) is 5.47. The van der Waals surface area contributed by atoms with E-state index in [0.717, 1.165) is 21.1 Å². The van der Waals surface area contributed by atoms with Gasteiger partial charge in [-0.25, -0.2) is 0 Å². The van der Waals surface area contributed by atoms with E-state index in [0.29, 0.717) is 5.69 Å². The first kappa shape index (κ1) is 16.3. The van der Waals surface area contributed by atoms with Crippen molar-refractivity contribution in [1.29, 1.82) is 0 Å². The monoisotopic (exact) mass is 337 g/mol. The van der Waals surface area contributed by atoms with E-state index in [4.69, 9.17) is 10.5 Å². The van der Waals surface area contributed by atoms with Gasteiger partial charge < -0.3 is 15.6 Å². The van der Waals surface area contributed by atoms with Crippen molar-refractivity contribution in [3.05, 3.63) is 78.4 Å². The third kappa shape index (κ3) is 4.03. The Morgan fingerprint density at radius 2 is 1.67 bits per heavy atom. The maximum Gasteiger partial charge on any atom is 0.122 e. The molecule has 0 bridgehead atoms. The molecule has 0 unspecified atom stereocenters. The van der Waals surface area contributed by atoms with Gasteiger partial charge >= 0.3 is 0 Å². The van der Waals surface area contributed by atoms with Crippen LogP contribution in [0.1, 0.15) is 18.6 Å². The normalized spacial score (nSPS) is 11.9. The highest BCUT2D eigenvalue weighted by Gasteiger charge is 2.09. The average Bonchev–Trinajstić information content (AvgIpc) is 2.60. The SMILES string of the molecule is C[C@H](Oc1ccc(Sc2ccc(O)cc2)c(N)c1)c1ccccc1. The number of benzene rings is 3. The van der Waals surface area contributed by atoms with Gasteiger partial charge in [-0.05, 0) is 48.9 Å². The van der Waals surface area contributed by atoms with E-state index in [9.17, 15) is 5.11 Å². The minimum Gasteiger partial charge on any atom is -0.508 e. The van der Waals surface area contributed by atoms with Crippen LogP contribution >= 0.6 is 11.8 Å². The summed E-state index contributed by atoms with van der Waals surface area (Å²) in [6.45, 7) is 2.02. The molecule has 0 aliphatic heterocycles. The zero-order chi connectivity index (χ0) is 16.9.